The molecular weight excluding hydrogens is 446 g/mol. The van der Waals surface area contributed by atoms with Crippen molar-refractivity contribution in [3.63, 3.8) is 0 Å². The van der Waals surface area contributed by atoms with E-state index in [2.05, 4.69) is 50.1 Å². The van der Waals surface area contributed by atoms with Crippen LogP contribution in [0.2, 0.25) is 0 Å². The van der Waals surface area contributed by atoms with Crippen molar-refractivity contribution in [2.24, 2.45) is 0 Å². The number of aromatic nitrogens is 4. The predicted molar refractivity (Wildman–Crippen MR) is 138 cm³/mol. The first-order chi connectivity index (χ1) is 16.6. The lowest BCUT2D eigenvalue weighted by Gasteiger charge is -2.22. The van der Waals surface area contributed by atoms with E-state index in [1.165, 1.54) is 0 Å². The Morgan fingerprint density at radius 1 is 1.32 bits per heavy atom. The van der Waals surface area contributed by atoms with Gasteiger partial charge in [-0.3, -0.25) is 4.98 Å². The largest absolute Gasteiger partial charge is 0.459 e. The number of pyridine rings is 1. The van der Waals surface area contributed by atoms with Gasteiger partial charge in [0, 0.05) is 33.0 Å². The number of hydrogen-bond acceptors (Lipinski definition) is 8. The Labute approximate surface area is 205 Å². The zero-order valence-electron chi connectivity index (χ0n) is 20.2. The average molecular weight is 479 g/mol. The minimum atomic E-state index is -0.183. The van der Waals surface area contributed by atoms with Crippen molar-refractivity contribution in [2.45, 2.75) is 32.6 Å². The molecule has 3 heterocycles. The van der Waals surface area contributed by atoms with E-state index in [0.29, 0.717) is 19.2 Å². The molecule has 3 aromatic heterocycles. The molecule has 0 saturated heterocycles. The van der Waals surface area contributed by atoms with Gasteiger partial charge in [0.15, 0.2) is 0 Å². The van der Waals surface area contributed by atoms with Crippen LogP contribution in [-0.2, 0) is 0 Å². The second kappa shape index (κ2) is 12.7. The van der Waals surface area contributed by atoms with Gasteiger partial charge in [-0.2, -0.15) is 4.98 Å². The Hall–Kier alpha value is -3.51. The summed E-state index contributed by atoms with van der Waals surface area (Å²) in [5.74, 6) is 0.853. The van der Waals surface area contributed by atoms with Crippen LogP contribution in [0.1, 0.15) is 43.3 Å². The van der Waals surface area contributed by atoms with E-state index in [1.54, 1.807) is 29.9 Å². The number of thiazole rings is 1. The van der Waals surface area contributed by atoms with Crippen LogP contribution in [0.5, 0.6) is 6.01 Å². The van der Waals surface area contributed by atoms with E-state index >= 15 is 0 Å². The molecule has 0 aliphatic rings. The standard InChI is InChI=1S/C25H32N7OS/c1-6-8-13-32(5)23(27-4)14-18(7-2)17-33-25-29-12-9-20(31-25)19(15-26-3)24-30-21-16-28-11-10-22(21)34-24/h3,7,9-12,14,16,19,27H,6,8,13,15,17H2,1-2,4-5H3/q+1. The van der Waals surface area contributed by atoms with Crippen LogP contribution in [0.3, 0.4) is 0 Å². The number of rotatable bonds is 12. The van der Waals surface area contributed by atoms with Crippen molar-refractivity contribution in [2.75, 3.05) is 33.8 Å². The fourth-order valence-electron chi connectivity index (χ4n) is 3.39. The molecule has 0 amide bonds. The number of nitrogens with zero attached hydrogens (tertiary/aromatic N) is 6. The van der Waals surface area contributed by atoms with Crippen molar-refractivity contribution < 1.29 is 4.74 Å². The molecule has 0 radical (unpaired) electrons. The maximum atomic E-state index is 5.96. The third-order valence-corrected chi connectivity index (χ3v) is 6.53. The van der Waals surface area contributed by atoms with Gasteiger partial charge in [-0.05, 0) is 37.1 Å². The summed E-state index contributed by atoms with van der Waals surface area (Å²) in [7, 11) is 4.01. The Kier molecular flexibility index (Phi) is 9.35. The summed E-state index contributed by atoms with van der Waals surface area (Å²) in [4.78, 5) is 23.9. The third-order valence-electron chi connectivity index (χ3n) is 5.38. The molecule has 8 nitrogen and oxygen atoms in total. The van der Waals surface area contributed by atoms with Crippen molar-refractivity contribution in [1.29, 1.82) is 0 Å². The lowest BCUT2D eigenvalue weighted by Crippen LogP contribution is -2.27. The summed E-state index contributed by atoms with van der Waals surface area (Å²) >= 11 is 1.59. The van der Waals surface area contributed by atoms with E-state index in [-0.39, 0.29) is 5.92 Å². The Bertz CT molecular complexity index is 1150. The minimum Gasteiger partial charge on any atom is -0.459 e. The number of ether oxygens (including phenoxy) is 1. The average Bonchev–Trinajstić information content (AvgIpc) is 3.30. The molecule has 1 N–H and O–H groups in total. The molecule has 1 atom stereocenters. The normalized spacial score (nSPS) is 12.9. The molecular formula is C25H32N7OS+. The molecule has 34 heavy (non-hydrogen) atoms. The SMILES string of the molecule is C#[N+]CC(c1ccnc(OCC(=CC)C=C(NC)N(C)CCCC)n1)c1nc2cnccc2s1. The summed E-state index contributed by atoms with van der Waals surface area (Å²) < 4.78 is 7.02. The number of allylic oxidation sites excluding steroid dienone is 1. The number of fused-ring (bicyclic) bond motifs is 1. The highest BCUT2D eigenvalue weighted by Gasteiger charge is 2.25. The first-order valence-corrected chi connectivity index (χ1v) is 12.2. The Morgan fingerprint density at radius 2 is 2.18 bits per heavy atom. The van der Waals surface area contributed by atoms with Crippen LogP contribution in [0.4, 0.5) is 0 Å². The summed E-state index contributed by atoms with van der Waals surface area (Å²) in [6.07, 6.45) is 11.6. The maximum Gasteiger partial charge on any atom is 0.316 e. The Morgan fingerprint density at radius 3 is 2.88 bits per heavy atom. The van der Waals surface area contributed by atoms with Crippen LogP contribution in [0, 0.1) is 6.57 Å². The molecule has 1 unspecified atom stereocenters. The van der Waals surface area contributed by atoms with E-state index in [1.807, 2.05) is 32.2 Å². The molecule has 9 heteroatoms. The van der Waals surface area contributed by atoms with Gasteiger partial charge in [0.1, 0.15) is 23.4 Å². The summed E-state index contributed by atoms with van der Waals surface area (Å²) in [6, 6.07) is 4.11. The molecule has 0 saturated carbocycles. The number of unbranched alkanes of at least 4 members (excludes halogenated alkanes) is 1. The van der Waals surface area contributed by atoms with Gasteiger partial charge in [0.25, 0.3) is 13.1 Å². The van der Waals surface area contributed by atoms with Crippen LogP contribution in [0.25, 0.3) is 15.1 Å². The molecule has 0 spiro atoms. The van der Waals surface area contributed by atoms with Crippen LogP contribution in [0.15, 0.2) is 54.3 Å². The predicted octanol–water partition coefficient (Wildman–Crippen LogP) is 4.69. The van der Waals surface area contributed by atoms with Crippen LogP contribution < -0.4 is 10.1 Å². The summed E-state index contributed by atoms with van der Waals surface area (Å²) in [6.45, 7) is 11.4. The second-order valence-electron chi connectivity index (χ2n) is 7.78. The van der Waals surface area contributed by atoms with Crippen LogP contribution in [-0.4, -0.2) is 58.6 Å². The van der Waals surface area contributed by atoms with Crippen molar-refractivity contribution in [1.82, 2.24) is 30.2 Å². The van der Waals surface area contributed by atoms with Crippen LogP contribution >= 0.6 is 11.3 Å². The number of hydrogen-bond donors (Lipinski definition) is 1. The highest BCUT2D eigenvalue weighted by Crippen LogP contribution is 2.31. The van der Waals surface area contributed by atoms with Gasteiger partial charge in [0.05, 0.1) is 22.1 Å². The first-order valence-electron chi connectivity index (χ1n) is 11.4. The zero-order chi connectivity index (χ0) is 24.3. The summed E-state index contributed by atoms with van der Waals surface area (Å²) in [5.41, 5.74) is 2.64. The summed E-state index contributed by atoms with van der Waals surface area (Å²) in [5, 5.41) is 4.15. The topological polar surface area (TPSA) is 80.4 Å². The molecule has 3 rings (SSSR count). The highest BCUT2D eigenvalue weighted by molar-refractivity contribution is 7.18. The van der Waals surface area contributed by atoms with Gasteiger partial charge >= 0.3 is 6.01 Å². The van der Waals surface area contributed by atoms with E-state index in [4.69, 9.17) is 16.3 Å². The molecule has 0 aromatic carbocycles. The fraction of sp³-hybridized carbons (Fsp3) is 0.400. The second-order valence-corrected chi connectivity index (χ2v) is 8.85. The van der Waals surface area contributed by atoms with Gasteiger partial charge in [-0.25, -0.2) is 9.97 Å². The van der Waals surface area contributed by atoms with E-state index < -0.39 is 0 Å². The molecule has 0 aliphatic carbocycles. The fourth-order valence-corrected chi connectivity index (χ4v) is 4.43. The van der Waals surface area contributed by atoms with Crippen molar-refractivity contribution in [3.05, 3.63) is 69.8 Å². The molecule has 0 bridgehead atoms. The smallest absolute Gasteiger partial charge is 0.316 e. The van der Waals surface area contributed by atoms with Gasteiger partial charge in [-0.1, -0.05) is 24.3 Å². The lowest BCUT2D eigenvalue weighted by atomic mass is 10.1. The zero-order valence-corrected chi connectivity index (χ0v) is 21.0. The molecule has 0 aliphatic heterocycles. The minimum absolute atomic E-state index is 0.183. The number of nitrogens with one attached hydrogen (secondary N) is 1. The van der Waals surface area contributed by atoms with Gasteiger partial charge < -0.3 is 15.0 Å². The van der Waals surface area contributed by atoms with Gasteiger partial charge in [-0.15, -0.1) is 11.3 Å². The molecule has 178 valence electrons. The van der Waals surface area contributed by atoms with E-state index in [0.717, 1.165) is 51.7 Å². The highest BCUT2D eigenvalue weighted by atomic mass is 32.1. The lowest BCUT2D eigenvalue weighted by molar-refractivity contribution is 0.323. The van der Waals surface area contributed by atoms with Gasteiger partial charge in [0.2, 0.25) is 0 Å². The van der Waals surface area contributed by atoms with E-state index in [9.17, 15) is 0 Å². The quantitative estimate of drug-likeness (QED) is 0.378. The molecule has 0 fully saturated rings. The monoisotopic (exact) mass is 478 g/mol. The third kappa shape index (κ3) is 6.51. The maximum absolute atomic E-state index is 5.96. The molecule has 3 aromatic rings. The Balaban J connectivity index is 1.76. The van der Waals surface area contributed by atoms with Crippen molar-refractivity contribution in [3.8, 4) is 12.6 Å². The van der Waals surface area contributed by atoms with Crippen molar-refractivity contribution >= 4 is 21.6 Å². The first kappa shape index (κ1) is 25.1.